The Hall–Kier alpha value is -0.120. The number of rotatable bonds is 1. The number of hydrogen-bond acceptors (Lipinski definition) is 3. The molecule has 3 N–H and O–H groups in total. The predicted molar refractivity (Wildman–Crippen MR) is 45.7 cm³/mol. The topological polar surface area (TPSA) is 52.5 Å². The monoisotopic (exact) mass is 171 g/mol. The van der Waals surface area contributed by atoms with Crippen LogP contribution in [0.5, 0.6) is 0 Å². The van der Waals surface area contributed by atoms with E-state index in [4.69, 9.17) is 5.11 Å². The number of fused-ring (bicyclic) bond motifs is 1. The molecule has 2 rings (SSSR count). The maximum Gasteiger partial charge on any atom is 0.0583 e. The van der Waals surface area contributed by atoms with Crippen molar-refractivity contribution in [2.45, 2.75) is 18.9 Å². The van der Waals surface area contributed by atoms with E-state index >= 15 is 0 Å². The molecule has 2 fully saturated rings. The third-order valence-corrected chi connectivity index (χ3v) is 3.48. The molecule has 1 aliphatic carbocycles. The van der Waals surface area contributed by atoms with Gasteiger partial charge in [0, 0.05) is 19.1 Å². The summed E-state index contributed by atoms with van der Waals surface area (Å²) in [5.74, 6) is 1.34. The summed E-state index contributed by atoms with van der Waals surface area (Å²) in [5.41, 5.74) is 0. The summed E-state index contributed by atoms with van der Waals surface area (Å²) in [4.78, 5) is 0. The SMILES string of the molecule is OCC1CCC(O)C2CNCC12. The van der Waals surface area contributed by atoms with E-state index in [1.54, 1.807) is 0 Å². The molecule has 2 aliphatic rings. The van der Waals surface area contributed by atoms with Gasteiger partial charge in [-0.25, -0.2) is 0 Å². The lowest BCUT2D eigenvalue weighted by molar-refractivity contribution is 0.00980. The van der Waals surface area contributed by atoms with Crippen LogP contribution in [0.2, 0.25) is 0 Å². The van der Waals surface area contributed by atoms with Crippen molar-refractivity contribution in [1.29, 1.82) is 0 Å². The van der Waals surface area contributed by atoms with Gasteiger partial charge in [-0.15, -0.1) is 0 Å². The number of hydrogen-bond donors (Lipinski definition) is 3. The summed E-state index contributed by atoms with van der Waals surface area (Å²) in [6.45, 7) is 2.20. The van der Waals surface area contributed by atoms with E-state index in [-0.39, 0.29) is 12.7 Å². The normalized spacial score (nSPS) is 47.5. The molecule has 0 aromatic rings. The summed E-state index contributed by atoms with van der Waals surface area (Å²) in [5, 5.41) is 22.1. The van der Waals surface area contributed by atoms with Gasteiger partial charge in [0.25, 0.3) is 0 Å². The Balaban J connectivity index is 2.06. The van der Waals surface area contributed by atoms with Crippen molar-refractivity contribution in [3.63, 3.8) is 0 Å². The molecule has 1 aliphatic heterocycles. The van der Waals surface area contributed by atoms with Crippen molar-refractivity contribution in [3.8, 4) is 0 Å². The van der Waals surface area contributed by atoms with Crippen LogP contribution in [-0.2, 0) is 0 Å². The lowest BCUT2D eigenvalue weighted by Gasteiger charge is -2.35. The summed E-state index contributed by atoms with van der Waals surface area (Å²) in [7, 11) is 0. The molecule has 0 aromatic heterocycles. The van der Waals surface area contributed by atoms with Crippen LogP contribution in [0.4, 0.5) is 0 Å². The first-order chi connectivity index (χ1) is 5.83. The molecule has 12 heavy (non-hydrogen) atoms. The Morgan fingerprint density at radius 3 is 2.67 bits per heavy atom. The molecule has 4 unspecified atom stereocenters. The first kappa shape index (κ1) is 8.48. The van der Waals surface area contributed by atoms with Crippen molar-refractivity contribution < 1.29 is 10.2 Å². The van der Waals surface area contributed by atoms with Crippen LogP contribution in [-0.4, -0.2) is 36.0 Å². The Kier molecular flexibility index (Phi) is 2.35. The lowest BCUT2D eigenvalue weighted by Crippen LogP contribution is -2.38. The van der Waals surface area contributed by atoms with Crippen molar-refractivity contribution in [2.75, 3.05) is 19.7 Å². The molecule has 4 atom stereocenters. The highest BCUT2D eigenvalue weighted by atomic mass is 16.3. The largest absolute Gasteiger partial charge is 0.396 e. The maximum atomic E-state index is 9.67. The van der Waals surface area contributed by atoms with Crippen LogP contribution in [0, 0.1) is 17.8 Å². The summed E-state index contributed by atoms with van der Waals surface area (Å²) < 4.78 is 0. The van der Waals surface area contributed by atoms with E-state index < -0.39 is 0 Å². The molecular formula is C9H17NO2. The highest BCUT2D eigenvalue weighted by Gasteiger charge is 2.40. The fourth-order valence-corrected chi connectivity index (χ4v) is 2.70. The number of aliphatic hydroxyl groups is 2. The van der Waals surface area contributed by atoms with Gasteiger partial charge in [-0.2, -0.15) is 0 Å². The van der Waals surface area contributed by atoms with Crippen molar-refractivity contribution in [3.05, 3.63) is 0 Å². The van der Waals surface area contributed by atoms with Gasteiger partial charge >= 0.3 is 0 Å². The van der Waals surface area contributed by atoms with Crippen LogP contribution < -0.4 is 5.32 Å². The third kappa shape index (κ3) is 1.26. The fourth-order valence-electron chi connectivity index (χ4n) is 2.70. The van der Waals surface area contributed by atoms with Gasteiger partial charge in [-0.1, -0.05) is 0 Å². The van der Waals surface area contributed by atoms with Crippen LogP contribution in [0.3, 0.4) is 0 Å². The van der Waals surface area contributed by atoms with Gasteiger partial charge in [0.2, 0.25) is 0 Å². The molecule has 0 spiro atoms. The molecule has 1 saturated heterocycles. The molecule has 3 nitrogen and oxygen atoms in total. The molecular weight excluding hydrogens is 154 g/mol. The van der Waals surface area contributed by atoms with Crippen molar-refractivity contribution >= 4 is 0 Å². The first-order valence-corrected chi connectivity index (χ1v) is 4.82. The zero-order valence-corrected chi connectivity index (χ0v) is 7.24. The van der Waals surface area contributed by atoms with E-state index in [1.807, 2.05) is 0 Å². The summed E-state index contributed by atoms with van der Waals surface area (Å²) >= 11 is 0. The second kappa shape index (κ2) is 3.32. The Bertz CT molecular complexity index is 163. The second-order valence-electron chi connectivity index (χ2n) is 4.07. The molecule has 3 heteroatoms. The molecule has 0 amide bonds. The average Bonchev–Trinajstić information content (AvgIpc) is 2.54. The highest BCUT2D eigenvalue weighted by Crippen LogP contribution is 2.36. The van der Waals surface area contributed by atoms with E-state index in [9.17, 15) is 5.11 Å². The Morgan fingerprint density at radius 1 is 1.17 bits per heavy atom. The van der Waals surface area contributed by atoms with E-state index in [0.717, 1.165) is 25.9 Å². The van der Waals surface area contributed by atoms with Gasteiger partial charge in [-0.3, -0.25) is 0 Å². The van der Waals surface area contributed by atoms with Crippen LogP contribution in [0.25, 0.3) is 0 Å². The lowest BCUT2D eigenvalue weighted by atomic mass is 9.73. The zero-order valence-electron chi connectivity index (χ0n) is 7.24. The Morgan fingerprint density at radius 2 is 1.92 bits per heavy atom. The third-order valence-electron chi connectivity index (χ3n) is 3.48. The van der Waals surface area contributed by atoms with Crippen LogP contribution >= 0.6 is 0 Å². The minimum atomic E-state index is -0.132. The first-order valence-electron chi connectivity index (χ1n) is 4.82. The Labute approximate surface area is 72.8 Å². The smallest absolute Gasteiger partial charge is 0.0583 e. The van der Waals surface area contributed by atoms with Gasteiger partial charge in [0.05, 0.1) is 6.10 Å². The van der Waals surface area contributed by atoms with Crippen LogP contribution in [0.15, 0.2) is 0 Å². The quantitative estimate of drug-likeness (QED) is 0.502. The molecule has 0 aromatic carbocycles. The molecule has 70 valence electrons. The van der Waals surface area contributed by atoms with Gasteiger partial charge in [0.15, 0.2) is 0 Å². The van der Waals surface area contributed by atoms with E-state index in [1.165, 1.54) is 0 Å². The number of aliphatic hydroxyl groups excluding tert-OH is 2. The molecule has 1 heterocycles. The maximum absolute atomic E-state index is 9.67. The van der Waals surface area contributed by atoms with Crippen LogP contribution in [0.1, 0.15) is 12.8 Å². The second-order valence-corrected chi connectivity index (χ2v) is 4.07. The minimum absolute atomic E-state index is 0.132. The summed E-state index contributed by atoms with van der Waals surface area (Å²) in [6, 6.07) is 0. The standard InChI is InChI=1S/C9H17NO2/c11-5-6-1-2-9(12)8-4-10-3-7(6)8/h6-12H,1-5H2. The van der Waals surface area contributed by atoms with Crippen molar-refractivity contribution in [1.82, 2.24) is 5.32 Å². The van der Waals surface area contributed by atoms with E-state index in [0.29, 0.717) is 17.8 Å². The minimum Gasteiger partial charge on any atom is -0.396 e. The fraction of sp³-hybridized carbons (Fsp3) is 1.00. The average molecular weight is 171 g/mol. The van der Waals surface area contributed by atoms with Gasteiger partial charge in [0.1, 0.15) is 0 Å². The van der Waals surface area contributed by atoms with E-state index in [2.05, 4.69) is 5.32 Å². The van der Waals surface area contributed by atoms with Gasteiger partial charge in [-0.05, 0) is 31.2 Å². The summed E-state index contributed by atoms with van der Waals surface area (Å²) in [6.07, 6.45) is 1.72. The molecule has 0 bridgehead atoms. The number of nitrogens with one attached hydrogen (secondary N) is 1. The highest BCUT2D eigenvalue weighted by molar-refractivity contribution is 4.93. The molecule has 1 saturated carbocycles. The van der Waals surface area contributed by atoms with Gasteiger partial charge < -0.3 is 15.5 Å². The molecule has 0 radical (unpaired) electrons. The van der Waals surface area contributed by atoms with Crippen molar-refractivity contribution in [2.24, 2.45) is 17.8 Å². The zero-order chi connectivity index (χ0) is 8.55. The predicted octanol–water partition coefficient (Wildman–Crippen LogP) is -0.415.